The van der Waals surface area contributed by atoms with E-state index in [2.05, 4.69) is 10.5 Å². The molecule has 2 aromatic rings. The Balaban J connectivity index is 1.85. The molecule has 0 saturated carbocycles. The summed E-state index contributed by atoms with van der Waals surface area (Å²) in [5.74, 6) is -2.05. The maximum Gasteiger partial charge on any atom is 0.330 e. The molecule has 1 aliphatic rings. The molecule has 8 heteroatoms. The normalized spacial score (nSPS) is 15.1. The summed E-state index contributed by atoms with van der Waals surface area (Å²) in [4.78, 5) is 24.0. The van der Waals surface area contributed by atoms with E-state index in [1.165, 1.54) is 12.1 Å². The molecular weight excluding hydrogens is 351 g/mol. The Labute approximate surface area is 148 Å². The van der Waals surface area contributed by atoms with Crippen LogP contribution in [0, 0.1) is 5.82 Å². The molecule has 6 nitrogen and oxygen atoms in total. The number of carbonyl (C=O) groups is 2. The van der Waals surface area contributed by atoms with Crippen LogP contribution in [-0.2, 0) is 17.6 Å². The summed E-state index contributed by atoms with van der Waals surface area (Å²) in [5.41, 5.74) is 0.899. The Hall–Kier alpha value is -2.41. The van der Waals surface area contributed by atoms with Crippen LogP contribution in [-0.4, -0.2) is 22.1 Å². The van der Waals surface area contributed by atoms with Crippen molar-refractivity contribution in [1.82, 2.24) is 10.5 Å². The fourth-order valence-corrected chi connectivity index (χ4v) is 3.04. The van der Waals surface area contributed by atoms with Crippen LogP contribution in [0.25, 0.3) is 0 Å². The summed E-state index contributed by atoms with van der Waals surface area (Å²) in [5, 5.41) is 15.5. The molecule has 0 fully saturated rings. The number of carboxylic acids is 1. The van der Waals surface area contributed by atoms with E-state index in [0.29, 0.717) is 18.6 Å². The average Bonchev–Trinajstić information content (AvgIpc) is 2.83. The first-order valence-electron chi connectivity index (χ1n) is 7.93. The van der Waals surface area contributed by atoms with Gasteiger partial charge in [0.05, 0.1) is 5.02 Å². The largest absolute Gasteiger partial charge is 0.479 e. The number of aryl methyl sites for hydroxylation is 1. The molecule has 1 aromatic carbocycles. The zero-order valence-electron chi connectivity index (χ0n) is 13.2. The summed E-state index contributed by atoms with van der Waals surface area (Å²) < 4.78 is 18.9. The number of rotatable bonds is 4. The Bertz CT molecular complexity index is 821. The van der Waals surface area contributed by atoms with Crippen molar-refractivity contribution in [2.75, 3.05) is 0 Å². The van der Waals surface area contributed by atoms with E-state index < -0.39 is 23.7 Å². The molecule has 0 spiro atoms. The first-order valence-corrected chi connectivity index (χ1v) is 8.31. The lowest BCUT2D eigenvalue weighted by Crippen LogP contribution is -2.34. The van der Waals surface area contributed by atoms with Gasteiger partial charge in [0.2, 0.25) is 0 Å². The fraction of sp³-hybridized carbons (Fsp3) is 0.353. The zero-order valence-corrected chi connectivity index (χ0v) is 14.0. The van der Waals surface area contributed by atoms with Crippen molar-refractivity contribution in [2.45, 2.75) is 38.1 Å². The third kappa shape index (κ3) is 3.66. The summed E-state index contributed by atoms with van der Waals surface area (Å²) in [6.45, 7) is 0. The second-order valence-corrected chi connectivity index (χ2v) is 6.32. The van der Waals surface area contributed by atoms with Gasteiger partial charge in [-0.05, 0) is 37.0 Å². The predicted octanol–water partition coefficient (Wildman–Crippen LogP) is 3.29. The van der Waals surface area contributed by atoms with Gasteiger partial charge in [0.15, 0.2) is 11.7 Å². The molecule has 132 valence electrons. The lowest BCUT2D eigenvalue weighted by atomic mass is 10.0. The van der Waals surface area contributed by atoms with E-state index in [1.807, 2.05) is 0 Å². The van der Waals surface area contributed by atoms with Gasteiger partial charge in [0.1, 0.15) is 11.6 Å². The summed E-state index contributed by atoms with van der Waals surface area (Å²) in [7, 11) is 0. The quantitative estimate of drug-likeness (QED) is 0.810. The molecule has 0 bridgehead atoms. The molecule has 1 amide bonds. The highest BCUT2D eigenvalue weighted by Gasteiger charge is 2.28. The monoisotopic (exact) mass is 366 g/mol. The van der Waals surface area contributed by atoms with Gasteiger partial charge < -0.3 is 14.9 Å². The summed E-state index contributed by atoms with van der Waals surface area (Å²) in [6, 6.07) is 2.17. The Kier molecular flexibility index (Phi) is 5.03. The second kappa shape index (κ2) is 7.23. The molecule has 1 aromatic heterocycles. The first-order chi connectivity index (χ1) is 12.0. The minimum Gasteiger partial charge on any atom is -0.479 e. The van der Waals surface area contributed by atoms with Crippen molar-refractivity contribution < 1.29 is 23.6 Å². The summed E-state index contributed by atoms with van der Waals surface area (Å²) >= 11 is 5.61. The van der Waals surface area contributed by atoms with Crippen molar-refractivity contribution >= 4 is 23.5 Å². The van der Waals surface area contributed by atoms with E-state index in [4.69, 9.17) is 16.1 Å². The number of fused-ring (bicyclic) bond motifs is 1. The minimum absolute atomic E-state index is 0.0809. The predicted molar refractivity (Wildman–Crippen MR) is 87.0 cm³/mol. The summed E-state index contributed by atoms with van der Waals surface area (Å²) in [6.07, 6.45) is 4.28. The minimum atomic E-state index is -1.42. The van der Waals surface area contributed by atoms with Crippen molar-refractivity contribution in [2.24, 2.45) is 0 Å². The highest BCUT2D eigenvalue weighted by molar-refractivity contribution is 6.30. The van der Waals surface area contributed by atoms with Crippen LogP contribution in [0.4, 0.5) is 4.39 Å². The van der Waals surface area contributed by atoms with Crippen LogP contribution in [0.3, 0.4) is 0 Å². The highest BCUT2D eigenvalue weighted by Crippen LogP contribution is 2.25. The Morgan fingerprint density at radius 2 is 2.04 bits per heavy atom. The smallest absolute Gasteiger partial charge is 0.330 e. The van der Waals surface area contributed by atoms with Crippen molar-refractivity contribution in [1.29, 1.82) is 0 Å². The number of carboxylic acid groups (broad SMARTS) is 1. The van der Waals surface area contributed by atoms with Crippen molar-refractivity contribution in [3.63, 3.8) is 0 Å². The van der Waals surface area contributed by atoms with Crippen LogP contribution < -0.4 is 5.32 Å². The van der Waals surface area contributed by atoms with Gasteiger partial charge in [-0.2, -0.15) is 0 Å². The molecule has 2 N–H and O–H groups in total. The van der Waals surface area contributed by atoms with E-state index in [9.17, 15) is 19.1 Å². The molecule has 25 heavy (non-hydrogen) atoms. The number of amides is 1. The van der Waals surface area contributed by atoms with E-state index >= 15 is 0 Å². The molecule has 0 saturated heterocycles. The lowest BCUT2D eigenvalue weighted by molar-refractivity contribution is -0.139. The third-order valence-electron chi connectivity index (χ3n) is 4.21. The third-order valence-corrected chi connectivity index (χ3v) is 4.52. The van der Waals surface area contributed by atoms with Crippen LogP contribution >= 0.6 is 11.6 Å². The molecule has 1 heterocycles. The SMILES string of the molecule is O=C(NC(C(=O)O)c1ccc(Cl)c(F)c1)c1noc2c1CCCCC2. The van der Waals surface area contributed by atoms with E-state index in [-0.39, 0.29) is 16.3 Å². The van der Waals surface area contributed by atoms with Gasteiger partial charge in [0.25, 0.3) is 5.91 Å². The van der Waals surface area contributed by atoms with Crippen molar-refractivity contribution in [3.05, 3.63) is 51.6 Å². The van der Waals surface area contributed by atoms with E-state index in [0.717, 1.165) is 30.9 Å². The fourth-order valence-electron chi connectivity index (χ4n) is 2.92. The number of nitrogens with zero attached hydrogens (tertiary/aromatic N) is 1. The van der Waals surface area contributed by atoms with E-state index in [1.54, 1.807) is 0 Å². The molecule has 1 atom stereocenters. The van der Waals surface area contributed by atoms with Gasteiger partial charge in [0, 0.05) is 12.0 Å². The zero-order chi connectivity index (χ0) is 18.0. The molecule has 1 aliphatic carbocycles. The van der Waals surface area contributed by atoms with Crippen molar-refractivity contribution in [3.8, 4) is 0 Å². The average molecular weight is 367 g/mol. The Morgan fingerprint density at radius 1 is 1.28 bits per heavy atom. The molecule has 0 aliphatic heterocycles. The highest BCUT2D eigenvalue weighted by atomic mass is 35.5. The second-order valence-electron chi connectivity index (χ2n) is 5.91. The molecule has 1 unspecified atom stereocenters. The van der Waals surface area contributed by atoms with Crippen LogP contribution in [0.15, 0.2) is 22.7 Å². The molecule has 0 radical (unpaired) electrons. The van der Waals surface area contributed by atoms with Gasteiger partial charge in [-0.25, -0.2) is 9.18 Å². The maximum atomic E-state index is 13.6. The van der Waals surface area contributed by atoms with Crippen LogP contribution in [0.5, 0.6) is 0 Å². The number of hydrogen-bond donors (Lipinski definition) is 2. The number of benzene rings is 1. The molecular formula is C17H16ClFN2O4. The number of halogens is 2. The maximum absolute atomic E-state index is 13.6. The van der Waals surface area contributed by atoms with Crippen LogP contribution in [0.1, 0.15) is 52.7 Å². The topological polar surface area (TPSA) is 92.4 Å². The standard InChI is InChI=1S/C17H16ClFN2O4/c18-11-7-6-9(8-12(11)19)14(17(23)24)20-16(22)15-10-4-2-1-3-5-13(10)25-21-15/h6-8,14H,1-5H2,(H,20,22)(H,23,24). The lowest BCUT2D eigenvalue weighted by Gasteiger charge is -2.15. The number of nitrogens with one attached hydrogen (secondary N) is 1. The molecule has 3 rings (SSSR count). The van der Waals surface area contributed by atoms with Gasteiger partial charge in [-0.15, -0.1) is 0 Å². The number of aliphatic carboxylic acids is 1. The Morgan fingerprint density at radius 3 is 2.76 bits per heavy atom. The van der Waals surface area contributed by atoms with Gasteiger partial charge in [-0.1, -0.05) is 29.2 Å². The number of hydrogen-bond acceptors (Lipinski definition) is 4. The van der Waals surface area contributed by atoms with Gasteiger partial charge in [-0.3, -0.25) is 4.79 Å². The van der Waals surface area contributed by atoms with Crippen LogP contribution in [0.2, 0.25) is 5.02 Å². The number of carbonyl (C=O) groups excluding carboxylic acids is 1. The van der Waals surface area contributed by atoms with Gasteiger partial charge >= 0.3 is 5.97 Å². The first kappa shape index (κ1) is 17.4. The number of aromatic nitrogens is 1.